The number of nitrogens with zero attached hydrogens (tertiary/aromatic N) is 3. The third kappa shape index (κ3) is 4.55. The number of pyridine rings is 1. The molecule has 0 aliphatic heterocycles. The standard InChI is InChI=1S/C19H13F6N5O/c1-30(11-2-3-14-10(6-11)4-5-27-14)16(31)9-28-17-12(8-26)13(18(20,21)22)7-15(29-17)19(23,24)25/h2-7,27H,9H2,1H3,(H,28,29). The van der Waals surface area contributed by atoms with E-state index in [-0.39, 0.29) is 6.07 Å². The first-order valence-electron chi connectivity index (χ1n) is 8.59. The smallest absolute Gasteiger partial charge is 0.361 e. The maximum atomic E-state index is 13.2. The van der Waals surface area contributed by atoms with Crippen LogP contribution in [0.5, 0.6) is 0 Å². The van der Waals surface area contributed by atoms with E-state index in [0.717, 1.165) is 10.9 Å². The highest BCUT2D eigenvalue weighted by molar-refractivity contribution is 5.97. The first kappa shape index (κ1) is 21.9. The molecule has 0 aliphatic carbocycles. The van der Waals surface area contributed by atoms with E-state index in [1.807, 2.05) is 0 Å². The molecule has 0 fully saturated rings. The Morgan fingerprint density at radius 3 is 2.48 bits per heavy atom. The van der Waals surface area contributed by atoms with Crippen LogP contribution in [-0.4, -0.2) is 29.5 Å². The van der Waals surface area contributed by atoms with E-state index in [9.17, 15) is 31.1 Å². The van der Waals surface area contributed by atoms with E-state index in [0.29, 0.717) is 5.69 Å². The molecule has 0 bridgehead atoms. The predicted molar refractivity (Wildman–Crippen MR) is 99.2 cm³/mol. The number of nitriles is 1. The lowest BCUT2D eigenvalue weighted by molar-refractivity contribution is -0.145. The van der Waals surface area contributed by atoms with Crippen molar-refractivity contribution in [3.63, 3.8) is 0 Å². The molecule has 0 radical (unpaired) electrons. The Morgan fingerprint density at radius 1 is 1.16 bits per heavy atom. The van der Waals surface area contributed by atoms with Gasteiger partial charge in [-0.3, -0.25) is 4.79 Å². The molecule has 12 heteroatoms. The van der Waals surface area contributed by atoms with E-state index in [1.165, 1.54) is 18.0 Å². The molecule has 2 aromatic heterocycles. The number of likely N-dealkylation sites (N-methyl/N-ethyl adjacent to an activating group) is 1. The summed E-state index contributed by atoms with van der Waals surface area (Å²) in [6, 6.07) is 7.74. The van der Waals surface area contributed by atoms with Crippen molar-refractivity contribution in [2.45, 2.75) is 12.4 Å². The van der Waals surface area contributed by atoms with Crippen LogP contribution < -0.4 is 10.2 Å². The van der Waals surface area contributed by atoms with Gasteiger partial charge >= 0.3 is 12.4 Å². The quantitative estimate of drug-likeness (QED) is 0.582. The molecule has 0 aliphatic rings. The molecule has 162 valence electrons. The number of hydrogen-bond acceptors (Lipinski definition) is 4. The van der Waals surface area contributed by atoms with Crippen molar-refractivity contribution in [1.82, 2.24) is 9.97 Å². The molecule has 0 atom stereocenters. The van der Waals surface area contributed by atoms with Crippen LogP contribution in [0.2, 0.25) is 0 Å². The second kappa shape index (κ2) is 7.82. The SMILES string of the molecule is CN(C(=O)CNc1nc(C(F)(F)F)cc(C(F)(F)F)c1C#N)c1ccc2[nH]ccc2c1. The fourth-order valence-corrected chi connectivity index (χ4v) is 2.83. The second-order valence-electron chi connectivity index (χ2n) is 6.44. The van der Waals surface area contributed by atoms with E-state index >= 15 is 0 Å². The molecule has 2 N–H and O–H groups in total. The maximum absolute atomic E-state index is 13.2. The van der Waals surface area contributed by atoms with Crippen LogP contribution in [0.1, 0.15) is 16.8 Å². The third-order valence-corrected chi connectivity index (χ3v) is 4.43. The van der Waals surface area contributed by atoms with Gasteiger partial charge in [-0.1, -0.05) is 0 Å². The number of hydrogen-bond donors (Lipinski definition) is 2. The first-order valence-corrected chi connectivity index (χ1v) is 8.59. The number of alkyl halides is 6. The highest BCUT2D eigenvalue weighted by Gasteiger charge is 2.41. The number of halogens is 6. The van der Waals surface area contributed by atoms with Gasteiger partial charge in [0.2, 0.25) is 5.91 Å². The van der Waals surface area contributed by atoms with Gasteiger partial charge in [-0.2, -0.15) is 31.6 Å². The summed E-state index contributed by atoms with van der Waals surface area (Å²) in [5, 5.41) is 12.0. The molecular formula is C19H13F6N5O. The summed E-state index contributed by atoms with van der Waals surface area (Å²) in [6.45, 7) is -0.692. The minimum atomic E-state index is -5.22. The first-order chi connectivity index (χ1) is 14.4. The molecular weight excluding hydrogens is 428 g/mol. The molecule has 3 rings (SSSR count). The Hall–Kier alpha value is -3.75. The van der Waals surface area contributed by atoms with Crippen molar-refractivity contribution in [3.8, 4) is 6.07 Å². The van der Waals surface area contributed by atoms with Crippen LogP contribution in [-0.2, 0) is 17.1 Å². The van der Waals surface area contributed by atoms with Gasteiger partial charge < -0.3 is 15.2 Å². The van der Waals surface area contributed by atoms with Crippen LogP contribution in [0.15, 0.2) is 36.5 Å². The third-order valence-electron chi connectivity index (χ3n) is 4.43. The zero-order valence-electron chi connectivity index (χ0n) is 15.7. The fraction of sp³-hybridized carbons (Fsp3) is 0.211. The summed E-state index contributed by atoms with van der Waals surface area (Å²) < 4.78 is 78.6. The van der Waals surface area contributed by atoms with Crippen molar-refractivity contribution in [3.05, 3.63) is 53.3 Å². The predicted octanol–water partition coefficient (Wildman–Crippen LogP) is 4.55. The van der Waals surface area contributed by atoms with Gasteiger partial charge in [0.05, 0.1) is 12.1 Å². The lowest BCUT2D eigenvalue weighted by Crippen LogP contribution is -2.32. The average molecular weight is 441 g/mol. The molecule has 0 unspecified atom stereocenters. The fourth-order valence-electron chi connectivity index (χ4n) is 2.83. The zero-order valence-corrected chi connectivity index (χ0v) is 15.7. The Balaban J connectivity index is 1.89. The van der Waals surface area contributed by atoms with Crippen LogP contribution in [0.4, 0.5) is 37.8 Å². The molecule has 0 saturated carbocycles. The molecule has 0 spiro atoms. The van der Waals surface area contributed by atoms with Crippen LogP contribution in [0.3, 0.4) is 0 Å². The van der Waals surface area contributed by atoms with E-state index in [1.54, 1.807) is 30.5 Å². The van der Waals surface area contributed by atoms with Gasteiger partial charge in [0.1, 0.15) is 23.1 Å². The Bertz CT molecular complexity index is 1180. The second-order valence-corrected chi connectivity index (χ2v) is 6.44. The summed E-state index contributed by atoms with van der Waals surface area (Å²) >= 11 is 0. The summed E-state index contributed by atoms with van der Waals surface area (Å²) in [5.41, 5.74) is -3.50. The summed E-state index contributed by atoms with van der Waals surface area (Å²) in [5.74, 6) is -1.65. The molecule has 0 saturated heterocycles. The molecule has 31 heavy (non-hydrogen) atoms. The molecule has 1 amide bonds. The summed E-state index contributed by atoms with van der Waals surface area (Å²) in [7, 11) is 1.39. The monoisotopic (exact) mass is 441 g/mol. The normalized spacial score (nSPS) is 11.9. The number of rotatable bonds is 4. The Morgan fingerprint density at radius 2 is 1.87 bits per heavy atom. The van der Waals surface area contributed by atoms with Crippen LogP contribution >= 0.6 is 0 Å². The molecule has 3 aromatic rings. The van der Waals surface area contributed by atoms with Crippen molar-refractivity contribution in [1.29, 1.82) is 5.26 Å². The number of amides is 1. The zero-order chi connectivity index (χ0) is 23.0. The molecule has 2 heterocycles. The van der Waals surface area contributed by atoms with Gasteiger partial charge in [0, 0.05) is 29.8 Å². The van der Waals surface area contributed by atoms with Crippen LogP contribution in [0, 0.1) is 11.3 Å². The number of aromatic amines is 1. The van der Waals surface area contributed by atoms with Gasteiger partial charge in [0.15, 0.2) is 0 Å². The van der Waals surface area contributed by atoms with E-state index < -0.39 is 47.4 Å². The summed E-state index contributed by atoms with van der Waals surface area (Å²) in [4.78, 5) is 19.7. The highest BCUT2D eigenvalue weighted by Crippen LogP contribution is 2.38. The van der Waals surface area contributed by atoms with Crippen molar-refractivity contribution in [2.24, 2.45) is 0 Å². The number of H-pyrrole nitrogens is 1. The molecule has 6 nitrogen and oxygen atoms in total. The number of carbonyl (C=O) groups excluding carboxylic acids is 1. The highest BCUT2D eigenvalue weighted by atomic mass is 19.4. The number of aromatic nitrogens is 2. The average Bonchev–Trinajstić information content (AvgIpc) is 3.17. The number of anilines is 2. The van der Waals surface area contributed by atoms with Crippen molar-refractivity contribution in [2.75, 3.05) is 23.8 Å². The number of carbonyl (C=O) groups is 1. The Labute approximate surface area is 171 Å². The maximum Gasteiger partial charge on any atom is 0.433 e. The number of fused-ring (bicyclic) bond motifs is 1. The van der Waals surface area contributed by atoms with Gasteiger partial charge in [-0.05, 0) is 30.3 Å². The molecule has 1 aromatic carbocycles. The minimum Gasteiger partial charge on any atom is -0.361 e. The van der Waals surface area contributed by atoms with Crippen molar-refractivity contribution < 1.29 is 31.1 Å². The van der Waals surface area contributed by atoms with Gasteiger partial charge in [-0.25, -0.2) is 4.98 Å². The Kier molecular flexibility index (Phi) is 5.54. The number of benzene rings is 1. The largest absolute Gasteiger partial charge is 0.433 e. The lowest BCUT2D eigenvalue weighted by atomic mass is 10.1. The minimum absolute atomic E-state index is 0.232. The number of nitrogens with one attached hydrogen (secondary N) is 2. The lowest BCUT2D eigenvalue weighted by Gasteiger charge is -2.19. The summed E-state index contributed by atoms with van der Waals surface area (Å²) in [6.07, 6.45) is -8.72. The van der Waals surface area contributed by atoms with E-state index in [2.05, 4.69) is 15.3 Å². The van der Waals surface area contributed by atoms with E-state index in [4.69, 9.17) is 5.26 Å². The van der Waals surface area contributed by atoms with Crippen LogP contribution in [0.25, 0.3) is 10.9 Å². The van der Waals surface area contributed by atoms with Crippen molar-refractivity contribution >= 4 is 28.3 Å². The topological polar surface area (TPSA) is 84.8 Å². The van der Waals surface area contributed by atoms with Gasteiger partial charge in [0.25, 0.3) is 0 Å². The van der Waals surface area contributed by atoms with Gasteiger partial charge in [-0.15, -0.1) is 0 Å².